The van der Waals surface area contributed by atoms with E-state index in [1.165, 1.54) is 21.1 Å². The van der Waals surface area contributed by atoms with E-state index in [1.807, 2.05) is 53.1 Å². The standard InChI is InChI=1S/C33H22N2OS3/c36-31-30(32-37-28(24-17-9-3-10-18-24)29(38-32)25-19-11-4-12-20-25)39-33-34-26(22-13-5-1-6-14-22)21-27(35(31)33)23-15-7-2-8-16-23/h1-21,27H/t27-/m0/s1. The molecule has 0 N–H and O–H groups in total. The van der Waals surface area contributed by atoms with Gasteiger partial charge in [-0.3, -0.25) is 9.36 Å². The Morgan fingerprint density at radius 1 is 0.615 bits per heavy atom. The first-order valence-corrected chi connectivity index (χ1v) is 15.1. The van der Waals surface area contributed by atoms with Gasteiger partial charge in [0.05, 0.1) is 16.0 Å². The van der Waals surface area contributed by atoms with Crippen molar-refractivity contribution in [2.45, 2.75) is 6.04 Å². The zero-order valence-corrected chi connectivity index (χ0v) is 23.2. The molecular weight excluding hydrogens is 537 g/mol. The molecule has 2 aliphatic rings. The molecular formula is C33H22N2OS3. The maximum absolute atomic E-state index is 14.1. The summed E-state index contributed by atoms with van der Waals surface area (Å²) < 4.78 is 3.61. The van der Waals surface area contributed by atoms with Gasteiger partial charge in [0.25, 0.3) is 5.56 Å². The second-order valence-corrected chi connectivity index (χ2v) is 12.4. The van der Waals surface area contributed by atoms with Crippen LogP contribution in [-0.4, -0.2) is 4.57 Å². The minimum atomic E-state index is -0.224. The normalized spacial score (nSPS) is 16.6. The number of rotatable bonds is 4. The van der Waals surface area contributed by atoms with E-state index >= 15 is 0 Å². The summed E-state index contributed by atoms with van der Waals surface area (Å²) in [5, 5.41) is 0. The average molecular weight is 559 g/mol. The van der Waals surface area contributed by atoms with E-state index in [4.69, 9.17) is 4.99 Å². The van der Waals surface area contributed by atoms with Crippen LogP contribution in [0.25, 0.3) is 19.7 Å². The fourth-order valence-electron chi connectivity index (χ4n) is 4.81. The zero-order valence-electron chi connectivity index (χ0n) is 20.7. The van der Waals surface area contributed by atoms with Crippen LogP contribution in [0.1, 0.15) is 28.3 Å². The maximum Gasteiger partial charge on any atom is 0.272 e. The van der Waals surface area contributed by atoms with Crippen molar-refractivity contribution in [3.63, 3.8) is 0 Å². The average Bonchev–Trinajstić information content (AvgIpc) is 3.60. The van der Waals surface area contributed by atoms with Gasteiger partial charge in [-0.05, 0) is 28.3 Å². The van der Waals surface area contributed by atoms with Crippen molar-refractivity contribution in [3.8, 4) is 0 Å². The molecule has 4 aromatic carbocycles. The van der Waals surface area contributed by atoms with Crippen LogP contribution in [-0.2, 0) is 0 Å². The van der Waals surface area contributed by atoms with Crippen LogP contribution in [0.15, 0.2) is 137 Å². The van der Waals surface area contributed by atoms with E-state index in [1.54, 1.807) is 23.5 Å². The van der Waals surface area contributed by atoms with Crippen LogP contribution >= 0.6 is 34.9 Å². The van der Waals surface area contributed by atoms with Crippen molar-refractivity contribution >= 4 is 54.6 Å². The molecule has 1 atom stereocenters. The SMILES string of the molecule is O=c1c(=C2SC(c3ccccc3)=C(c3ccccc3)S2)sc2n1[C@H](c1ccccc1)C=C(c1ccccc1)N=2. The first-order chi connectivity index (χ1) is 19.3. The molecule has 3 nitrogen and oxygen atoms in total. The van der Waals surface area contributed by atoms with Crippen molar-refractivity contribution in [2.24, 2.45) is 4.99 Å². The molecule has 39 heavy (non-hydrogen) atoms. The van der Waals surface area contributed by atoms with E-state index in [2.05, 4.69) is 78.9 Å². The highest BCUT2D eigenvalue weighted by molar-refractivity contribution is 8.41. The van der Waals surface area contributed by atoms with E-state index in [0.717, 1.165) is 41.5 Å². The van der Waals surface area contributed by atoms with Crippen molar-refractivity contribution < 1.29 is 0 Å². The van der Waals surface area contributed by atoms with Crippen LogP contribution < -0.4 is 14.9 Å². The Hall–Kier alpha value is -3.84. The Kier molecular flexibility index (Phi) is 6.44. The third kappa shape index (κ3) is 4.55. The van der Waals surface area contributed by atoms with Crippen LogP contribution in [0.2, 0.25) is 0 Å². The Morgan fingerprint density at radius 2 is 1.10 bits per heavy atom. The molecule has 0 aliphatic carbocycles. The van der Waals surface area contributed by atoms with Gasteiger partial charge in [-0.1, -0.05) is 156 Å². The van der Waals surface area contributed by atoms with Gasteiger partial charge in [-0.15, -0.1) is 0 Å². The van der Waals surface area contributed by atoms with Gasteiger partial charge in [0.15, 0.2) is 4.80 Å². The molecule has 0 fully saturated rings. The molecule has 188 valence electrons. The molecule has 5 aromatic rings. The van der Waals surface area contributed by atoms with Crippen molar-refractivity contribution in [1.82, 2.24) is 4.57 Å². The Morgan fingerprint density at radius 3 is 1.64 bits per heavy atom. The highest BCUT2D eigenvalue weighted by atomic mass is 32.2. The van der Waals surface area contributed by atoms with Crippen molar-refractivity contribution in [3.05, 3.63) is 169 Å². The van der Waals surface area contributed by atoms with Gasteiger partial charge < -0.3 is 0 Å². The molecule has 0 amide bonds. The van der Waals surface area contributed by atoms with Crippen LogP contribution in [0.4, 0.5) is 0 Å². The fourth-order valence-corrected chi connectivity index (χ4v) is 8.78. The highest BCUT2D eigenvalue weighted by Crippen LogP contribution is 2.57. The minimum Gasteiger partial charge on any atom is -0.272 e. The molecule has 0 radical (unpaired) electrons. The minimum absolute atomic E-state index is 0.00712. The molecule has 0 bridgehead atoms. The molecule has 6 heteroatoms. The highest BCUT2D eigenvalue weighted by Gasteiger charge is 2.28. The first-order valence-electron chi connectivity index (χ1n) is 12.6. The number of aromatic nitrogens is 1. The lowest BCUT2D eigenvalue weighted by Crippen LogP contribution is -2.36. The molecule has 0 saturated carbocycles. The predicted molar refractivity (Wildman–Crippen MR) is 167 cm³/mol. The predicted octanol–water partition coefficient (Wildman–Crippen LogP) is 7.25. The van der Waals surface area contributed by atoms with Gasteiger partial charge in [-0.2, -0.15) is 0 Å². The molecule has 0 unspecified atom stereocenters. The van der Waals surface area contributed by atoms with Gasteiger partial charge in [0.1, 0.15) is 4.53 Å². The topological polar surface area (TPSA) is 34.4 Å². The van der Waals surface area contributed by atoms with Crippen LogP contribution in [0.5, 0.6) is 0 Å². The number of thiazole rings is 1. The second kappa shape index (κ2) is 10.4. The fraction of sp³-hybridized carbons (Fsp3) is 0.0303. The van der Waals surface area contributed by atoms with E-state index in [-0.39, 0.29) is 11.6 Å². The lowest BCUT2D eigenvalue weighted by Gasteiger charge is -2.19. The summed E-state index contributed by atoms with van der Waals surface area (Å²) in [6.45, 7) is 0. The monoisotopic (exact) mass is 558 g/mol. The number of nitrogens with zero attached hydrogens (tertiary/aromatic N) is 2. The summed E-state index contributed by atoms with van der Waals surface area (Å²) in [5.74, 6) is 0. The summed E-state index contributed by atoms with van der Waals surface area (Å²) in [6.07, 6.45) is 2.11. The Labute approximate surface area is 238 Å². The van der Waals surface area contributed by atoms with Crippen LogP contribution in [0.3, 0.4) is 0 Å². The Bertz CT molecular complexity index is 1850. The number of benzene rings is 4. The maximum atomic E-state index is 14.1. The third-order valence-corrected chi connectivity index (χ3v) is 10.7. The van der Waals surface area contributed by atoms with Crippen LogP contribution in [0, 0.1) is 0 Å². The van der Waals surface area contributed by atoms with Crippen molar-refractivity contribution in [2.75, 3.05) is 0 Å². The van der Waals surface area contributed by atoms with E-state index in [9.17, 15) is 4.79 Å². The lowest BCUT2D eigenvalue weighted by molar-refractivity contribution is 0.644. The van der Waals surface area contributed by atoms with Gasteiger partial charge in [0.2, 0.25) is 0 Å². The molecule has 3 heterocycles. The number of hydrogen-bond donors (Lipinski definition) is 0. The molecule has 7 rings (SSSR count). The smallest absolute Gasteiger partial charge is 0.272 e. The van der Waals surface area contributed by atoms with Gasteiger partial charge in [-0.25, -0.2) is 4.99 Å². The van der Waals surface area contributed by atoms with Gasteiger partial charge >= 0.3 is 0 Å². The largest absolute Gasteiger partial charge is 0.272 e. The third-order valence-electron chi connectivity index (χ3n) is 6.69. The van der Waals surface area contributed by atoms with Crippen molar-refractivity contribution in [1.29, 1.82) is 0 Å². The molecule has 2 aliphatic heterocycles. The second-order valence-electron chi connectivity index (χ2n) is 9.16. The zero-order chi connectivity index (χ0) is 26.2. The summed E-state index contributed by atoms with van der Waals surface area (Å²) >= 11 is 4.87. The summed E-state index contributed by atoms with van der Waals surface area (Å²) in [4.78, 5) is 22.2. The summed E-state index contributed by atoms with van der Waals surface area (Å²) in [7, 11) is 0. The quantitative estimate of drug-likeness (QED) is 0.233. The number of thioether (sulfide) groups is 2. The number of hydrogen-bond acceptors (Lipinski definition) is 5. The molecule has 1 aromatic heterocycles. The van der Waals surface area contributed by atoms with E-state index in [0.29, 0.717) is 0 Å². The Balaban J connectivity index is 1.42. The molecule has 0 saturated heterocycles. The lowest BCUT2D eigenvalue weighted by atomic mass is 10.0. The first kappa shape index (κ1) is 24.2. The molecule has 0 spiro atoms. The number of allylic oxidation sites excluding steroid dienone is 1. The van der Waals surface area contributed by atoms with Gasteiger partial charge in [0, 0.05) is 9.81 Å². The number of fused-ring (bicyclic) bond motifs is 1. The summed E-state index contributed by atoms with van der Waals surface area (Å²) in [5.41, 5.74) is 5.33. The van der Waals surface area contributed by atoms with E-state index < -0.39 is 0 Å². The summed E-state index contributed by atoms with van der Waals surface area (Å²) in [6, 6.07) is 41.0.